The van der Waals surface area contributed by atoms with E-state index in [1.54, 1.807) is 0 Å². The fourth-order valence-corrected chi connectivity index (χ4v) is 4.43. The molecule has 0 saturated carbocycles. The summed E-state index contributed by atoms with van der Waals surface area (Å²) in [4.78, 5) is 0. The van der Waals surface area contributed by atoms with Gasteiger partial charge in [0.15, 0.2) is 0 Å². The Kier molecular flexibility index (Phi) is 6.89. The van der Waals surface area contributed by atoms with Crippen LogP contribution in [0.25, 0.3) is 0 Å². The standard InChI is InChI=1S/C25H16F12/c1-15-7-9-17(10-8-15)21(24(32,33)34,25(35,36)37)19-13-11-18(12-14-19)20(22(26,27)28,23(29,30)31)16-5-3-2-4-6-16/h2-14H,1H3. The van der Waals surface area contributed by atoms with Gasteiger partial charge in [-0.15, -0.1) is 0 Å². The highest BCUT2D eigenvalue weighted by Gasteiger charge is 2.74. The van der Waals surface area contributed by atoms with Crippen LogP contribution >= 0.6 is 0 Å². The van der Waals surface area contributed by atoms with Gasteiger partial charge in [-0.1, -0.05) is 84.4 Å². The third kappa shape index (κ3) is 4.33. The van der Waals surface area contributed by atoms with Crippen molar-refractivity contribution in [3.63, 3.8) is 0 Å². The molecule has 0 fully saturated rings. The minimum Gasteiger partial charge on any atom is -0.169 e. The Hall–Kier alpha value is -3.18. The van der Waals surface area contributed by atoms with Crippen molar-refractivity contribution in [3.8, 4) is 0 Å². The maximum atomic E-state index is 14.2. The average molecular weight is 544 g/mol. The molecule has 12 heteroatoms. The molecule has 200 valence electrons. The summed E-state index contributed by atoms with van der Waals surface area (Å²) in [5.41, 5.74) is -14.9. The molecule has 0 saturated heterocycles. The van der Waals surface area contributed by atoms with E-state index < -0.39 is 57.8 Å². The Labute approximate surface area is 202 Å². The van der Waals surface area contributed by atoms with E-state index in [0.717, 1.165) is 30.3 Å². The molecule has 0 unspecified atom stereocenters. The molecule has 0 amide bonds. The SMILES string of the molecule is Cc1ccc(C(c2ccc(C(c3ccccc3)(C(F)(F)F)C(F)(F)F)cc2)(C(F)(F)F)C(F)(F)F)cc1. The van der Waals surface area contributed by atoms with E-state index in [4.69, 9.17) is 0 Å². The van der Waals surface area contributed by atoms with Crippen molar-refractivity contribution in [2.75, 3.05) is 0 Å². The first-order valence-corrected chi connectivity index (χ1v) is 10.3. The number of rotatable bonds is 4. The molecular weight excluding hydrogens is 528 g/mol. The van der Waals surface area contributed by atoms with E-state index in [9.17, 15) is 52.7 Å². The van der Waals surface area contributed by atoms with E-state index in [1.807, 2.05) is 0 Å². The van der Waals surface area contributed by atoms with Crippen LogP contribution in [-0.4, -0.2) is 24.7 Å². The monoisotopic (exact) mass is 544 g/mol. The van der Waals surface area contributed by atoms with Gasteiger partial charge in [0.2, 0.25) is 10.8 Å². The van der Waals surface area contributed by atoms with Crippen LogP contribution in [0.4, 0.5) is 52.7 Å². The molecule has 0 atom stereocenters. The molecule has 3 aromatic rings. The molecular formula is C25H16F12. The highest BCUT2D eigenvalue weighted by molar-refractivity contribution is 5.49. The summed E-state index contributed by atoms with van der Waals surface area (Å²) in [7, 11) is 0. The van der Waals surface area contributed by atoms with Crippen molar-refractivity contribution in [1.82, 2.24) is 0 Å². The summed E-state index contributed by atoms with van der Waals surface area (Å²) < 4.78 is 171. The van der Waals surface area contributed by atoms with Gasteiger partial charge in [-0.05, 0) is 29.2 Å². The molecule has 0 radical (unpaired) electrons. The quantitative estimate of drug-likeness (QED) is 0.288. The van der Waals surface area contributed by atoms with Gasteiger partial charge in [-0.25, -0.2) is 0 Å². The first kappa shape index (κ1) is 28.4. The highest BCUT2D eigenvalue weighted by atomic mass is 19.4. The van der Waals surface area contributed by atoms with E-state index in [-0.39, 0.29) is 24.3 Å². The van der Waals surface area contributed by atoms with Gasteiger partial charge in [-0.3, -0.25) is 0 Å². The second-order valence-electron chi connectivity index (χ2n) is 8.30. The molecule has 3 rings (SSSR count). The molecule has 0 aromatic heterocycles. The van der Waals surface area contributed by atoms with E-state index >= 15 is 0 Å². The van der Waals surface area contributed by atoms with Crippen molar-refractivity contribution in [2.45, 2.75) is 42.5 Å². The zero-order valence-corrected chi connectivity index (χ0v) is 18.5. The molecule has 0 aliphatic heterocycles. The minimum atomic E-state index is -6.06. The van der Waals surface area contributed by atoms with E-state index in [2.05, 4.69) is 0 Å². The predicted octanol–water partition coefficient (Wildman–Crippen LogP) is 8.82. The van der Waals surface area contributed by atoms with Crippen molar-refractivity contribution in [2.24, 2.45) is 0 Å². The molecule has 0 N–H and O–H groups in total. The third-order valence-electron chi connectivity index (χ3n) is 6.14. The number of hydrogen-bond donors (Lipinski definition) is 0. The highest BCUT2D eigenvalue weighted by Crippen LogP contribution is 2.59. The Morgan fingerprint density at radius 3 is 0.865 bits per heavy atom. The summed E-state index contributed by atoms with van der Waals surface area (Å²) in [6, 6.07) is 7.07. The lowest BCUT2D eigenvalue weighted by molar-refractivity contribution is -0.291. The Balaban J connectivity index is 2.39. The summed E-state index contributed by atoms with van der Waals surface area (Å²) in [5, 5.41) is 0. The fourth-order valence-electron chi connectivity index (χ4n) is 4.43. The predicted molar refractivity (Wildman–Crippen MR) is 110 cm³/mol. The van der Waals surface area contributed by atoms with Crippen molar-refractivity contribution in [3.05, 3.63) is 107 Å². The number of benzene rings is 3. The maximum absolute atomic E-state index is 14.2. The van der Waals surface area contributed by atoms with Crippen molar-refractivity contribution < 1.29 is 52.7 Å². The van der Waals surface area contributed by atoms with Gasteiger partial charge in [0.25, 0.3) is 0 Å². The molecule has 0 aliphatic rings. The van der Waals surface area contributed by atoms with Gasteiger partial charge < -0.3 is 0 Å². The third-order valence-corrected chi connectivity index (χ3v) is 6.14. The zero-order chi connectivity index (χ0) is 28.1. The summed E-state index contributed by atoms with van der Waals surface area (Å²) in [6.07, 6.45) is -24.2. The Morgan fingerprint density at radius 2 is 0.595 bits per heavy atom. The number of hydrogen-bond acceptors (Lipinski definition) is 0. The average Bonchev–Trinajstić information content (AvgIpc) is 2.74. The lowest BCUT2D eigenvalue weighted by Gasteiger charge is -2.40. The second-order valence-corrected chi connectivity index (χ2v) is 8.30. The van der Waals surface area contributed by atoms with Gasteiger partial charge >= 0.3 is 24.7 Å². The van der Waals surface area contributed by atoms with Crippen LogP contribution in [0.5, 0.6) is 0 Å². The zero-order valence-electron chi connectivity index (χ0n) is 18.5. The van der Waals surface area contributed by atoms with E-state index in [1.165, 1.54) is 6.92 Å². The van der Waals surface area contributed by atoms with E-state index in [0.29, 0.717) is 29.8 Å². The smallest absolute Gasteiger partial charge is 0.169 e. The lowest BCUT2D eigenvalue weighted by atomic mass is 9.69. The lowest BCUT2D eigenvalue weighted by Crippen LogP contribution is -2.55. The van der Waals surface area contributed by atoms with Crippen molar-refractivity contribution in [1.29, 1.82) is 0 Å². The first-order valence-electron chi connectivity index (χ1n) is 10.3. The maximum Gasteiger partial charge on any atom is 0.411 e. The van der Waals surface area contributed by atoms with Crippen LogP contribution in [0.2, 0.25) is 0 Å². The van der Waals surface area contributed by atoms with Gasteiger partial charge in [0, 0.05) is 0 Å². The number of alkyl halides is 12. The second kappa shape index (κ2) is 8.98. The van der Waals surface area contributed by atoms with Gasteiger partial charge in [0.1, 0.15) is 0 Å². The van der Waals surface area contributed by atoms with Crippen molar-refractivity contribution >= 4 is 0 Å². The molecule has 37 heavy (non-hydrogen) atoms. The van der Waals surface area contributed by atoms with Crippen LogP contribution in [0.15, 0.2) is 78.9 Å². The van der Waals surface area contributed by atoms with Crippen LogP contribution < -0.4 is 0 Å². The minimum absolute atomic E-state index is 0.00370. The largest absolute Gasteiger partial charge is 0.411 e. The Morgan fingerprint density at radius 1 is 0.351 bits per heavy atom. The Bertz CT molecular complexity index is 1170. The molecule has 3 aromatic carbocycles. The van der Waals surface area contributed by atoms with Crippen LogP contribution in [-0.2, 0) is 10.8 Å². The summed E-state index contributed by atoms with van der Waals surface area (Å²) >= 11 is 0. The molecule has 0 heterocycles. The summed E-state index contributed by atoms with van der Waals surface area (Å²) in [5.74, 6) is 0. The molecule has 0 aliphatic carbocycles. The topological polar surface area (TPSA) is 0 Å². The summed E-state index contributed by atoms with van der Waals surface area (Å²) in [6.45, 7) is 1.40. The normalized spacial score (nSPS) is 14.1. The fraction of sp³-hybridized carbons (Fsp3) is 0.280. The van der Waals surface area contributed by atoms with Crippen LogP contribution in [0.1, 0.15) is 27.8 Å². The van der Waals surface area contributed by atoms with Gasteiger partial charge in [0.05, 0.1) is 0 Å². The van der Waals surface area contributed by atoms with Crippen LogP contribution in [0, 0.1) is 6.92 Å². The van der Waals surface area contributed by atoms with Crippen LogP contribution in [0.3, 0.4) is 0 Å². The number of halogens is 12. The molecule has 0 nitrogen and oxygen atoms in total. The molecule has 0 spiro atoms. The first-order chi connectivity index (χ1) is 16.8. The number of aryl methyl sites for hydroxylation is 1. The molecule has 0 bridgehead atoms. The van der Waals surface area contributed by atoms with Gasteiger partial charge in [-0.2, -0.15) is 52.7 Å².